The molecular formula is C16H13Cl2N3S. The van der Waals surface area contributed by atoms with Crippen molar-refractivity contribution in [3.05, 3.63) is 45.0 Å². The fourth-order valence-corrected chi connectivity index (χ4v) is 4.50. The zero-order valence-corrected chi connectivity index (χ0v) is 14.0. The molecule has 0 unspecified atom stereocenters. The number of halogens is 2. The van der Waals surface area contributed by atoms with Crippen molar-refractivity contribution in [1.82, 2.24) is 9.97 Å². The van der Waals surface area contributed by atoms with E-state index >= 15 is 0 Å². The lowest BCUT2D eigenvalue weighted by Gasteiger charge is -2.12. The highest BCUT2D eigenvalue weighted by Crippen LogP contribution is 2.39. The van der Waals surface area contributed by atoms with E-state index in [0.717, 1.165) is 34.6 Å². The fourth-order valence-electron chi connectivity index (χ4n) is 2.89. The molecule has 3 aromatic rings. The molecule has 4 rings (SSSR count). The summed E-state index contributed by atoms with van der Waals surface area (Å²) >= 11 is 13.8. The maximum absolute atomic E-state index is 6.10. The van der Waals surface area contributed by atoms with E-state index in [2.05, 4.69) is 15.3 Å². The SMILES string of the molecule is Clc1ccc(Nc2nc(Cl)nc3sc4c(c23)CCCC4)cc1. The van der Waals surface area contributed by atoms with Gasteiger partial charge in [-0.25, -0.2) is 4.98 Å². The number of nitrogens with one attached hydrogen (secondary N) is 1. The molecule has 1 N–H and O–H groups in total. The Morgan fingerprint density at radius 1 is 1.00 bits per heavy atom. The van der Waals surface area contributed by atoms with Crippen LogP contribution in [-0.4, -0.2) is 9.97 Å². The van der Waals surface area contributed by atoms with E-state index in [-0.39, 0.29) is 5.28 Å². The van der Waals surface area contributed by atoms with E-state index in [1.54, 1.807) is 11.3 Å². The second kappa shape index (κ2) is 5.69. The van der Waals surface area contributed by atoms with Gasteiger partial charge in [-0.2, -0.15) is 4.98 Å². The highest BCUT2D eigenvalue weighted by molar-refractivity contribution is 7.19. The number of benzene rings is 1. The number of hydrogen-bond acceptors (Lipinski definition) is 4. The van der Waals surface area contributed by atoms with Gasteiger partial charge in [0, 0.05) is 15.6 Å². The lowest BCUT2D eigenvalue weighted by Crippen LogP contribution is -2.01. The van der Waals surface area contributed by atoms with Gasteiger partial charge >= 0.3 is 0 Å². The third kappa shape index (κ3) is 2.56. The highest BCUT2D eigenvalue weighted by atomic mass is 35.5. The Bertz CT molecular complexity index is 843. The van der Waals surface area contributed by atoms with Crippen molar-refractivity contribution in [1.29, 1.82) is 0 Å². The second-order valence-electron chi connectivity index (χ2n) is 5.36. The van der Waals surface area contributed by atoms with E-state index in [1.807, 2.05) is 24.3 Å². The number of fused-ring (bicyclic) bond motifs is 3. The minimum Gasteiger partial charge on any atom is -0.340 e. The Hall–Kier alpha value is -1.36. The van der Waals surface area contributed by atoms with Gasteiger partial charge in [0.1, 0.15) is 10.6 Å². The zero-order chi connectivity index (χ0) is 15.1. The van der Waals surface area contributed by atoms with Gasteiger partial charge in [-0.05, 0) is 67.1 Å². The number of aromatic nitrogens is 2. The standard InChI is InChI=1S/C16H13Cl2N3S/c17-9-5-7-10(8-6-9)19-14-13-11-3-1-2-4-12(11)22-15(13)21-16(18)20-14/h5-8H,1-4H2,(H,19,20,21). The molecule has 0 saturated heterocycles. The monoisotopic (exact) mass is 349 g/mol. The van der Waals surface area contributed by atoms with Crippen LogP contribution in [0.3, 0.4) is 0 Å². The smallest absolute Gasteiger partial charge is 0.225 e. The molecule has 2 heterocycles. The normalized spacial score (nSPS) is 14.1. The summed E-state index contributed by atoms with van der Waals surface area (Å²) in [6.07, 6.45) is 4.70. The lowest BCUT2D eigenvalue weighted by molar-refractivity contribution is 0.700. The van der Waals surface area contributed by atoms with Gasteiger partial charge in [0.2, 0.25) is 5.28 Å². The van der Waals surface area contributed by atoms with Gasteiger partial charge < -0.3 is 5.32 Å². The summed E-state index contributed by atoms with van der Waals surface area (Å²) in [7, 11) is 0. The van der Waals surface area contributed by atoms with Crippen molar-refractivity contribution in [3.8, 4) is 0 Å². The van der Waals surface area contributed by atoms with Crippen LogP contribution >= 0.6 is 34.5 Å². The van der Waals surface area contributed by atoms with Gasteiger partial charge in [0.05, 0.1) is 5.39 Å². The third-order valence-corrected chi connectivity index (χ3v) is 5.50. The number of hydrogen-bond donors (Lipinski definition) is 1. The summed E-state index contributed by atoms with van der Waals surface area (Å²) in [5, 5.41) is 5.48. The topological polar surface area (TPSA) is 37.8 Å². The Morgan fingerprint density at radius 2 is 1.77 bits per heavy atom. The van der Waals surface area contributed by atoms with Gasteiger partial charge in [0.25, 0.3) is 0 Å². The predicted molar refractivity (Wildman–Crippen MR) is 93.8 cm³/mol. The highest BCUT2D eigenvalue weighted by Gasteiger charge is 2.20. The van der Waals surface area contributed by atoms with Crippen LogP contribution in [0.2, 0.25) is 10.3 Å². The quantitative estimate of drug-likeness (QED) is 0.610. The second-order valence-corrected chi connectivity index (χ2v) is 7.22. The molecule has 0 saturated carbocycles. The van der Waals surface area contributed by atoms with Crippen LogP contribution in [0, 0.1) is 0 Å². The minimum atomic E-state index is 0.280. The summed E-state index contributed by atoms with van der Waals surface area (Å²) in [4.78, 5) is 11.2. The van der Waals surface area contributed by atoms with Gasteiger partial charge in [-0.1, -0.05) is 11.6 Å². The number of rotatable bonds is 2. The molecule has 1 aromatic carbocycles. The van der Waals surface area contributed by atoms with Crippen molar-refractivity contribution < 1.29 is 0 Å². The number of aryl methyl sites for hydroxylation is 2. The first-order valence-electron chi connectivity index (χ1n) is 7.21. The van der Waals surface area contributed by atoms with Crippen molar-refractivity contribution >= 4 is 56.3 Å². The maximum Gasteiger partial charge on any atom is 0.225 e. The van der Waals surface area contributed by atoms with Crippen LogP contribution in [0.25, 0.3) is 10.2 Å². The van der Waals surface area contributed by atoms with E-state index in [4.69, 9.17) is 23.2 Å². The summed E-state index contributed by atoms with van der Waals surface area (Å²) in [5.41, 5.74) is 2.33. The molecule has 2 aromatic heterocycles. The molecule has 3 nitrogen and oxygen atoms in total. The Balaban J connectivity index is 1.85. The van der Waals surface area contributed by atoms with E-state index in [1.165, 1.54) is 23.3 Å². The first kappa shape index (κ1) is 14.2. The molecule has 0 amide bonds. The molecule has 1 aliphatic carbocycles. The molecule has 6 heteroatoms. The van der Waals surface area contributed by atoms with E-state index < -0.39 is 0 Å². The van der Waals surface area contributed by atoms with Crippen LogP contribution < -0.4 is 5.32 Å². The molecular weight excluding hydrogens is 337 g/mol. The van der Waals surface area contributed by atoms with E-state index in [9.17, 15) is 0 Å². The van der Waals surface area contributed by atoms with Crippen LogP contribution in [0.5, 0.6) is 0 Å². The molecule has 0 atom stereocenters. The molecule has 0 spiro atoms. The Labute approximate surface area is 142 Å². The van der Waals surface area contributed by atoms with Crippen molar-refractivity contribution in [2.24, 2.45) is 0 Å². The fraction of sp³-hybridized carbons (Fsp3) is 0.250. The van der Waals surface area contributed by atoms with Gasteiger partial charge in [-0.3, -0.25) is 0 Å². The van der Waals surface area contributed by atoms with Crippen molar-refractivity contribution in [3.63, 3.8) is 0 Å². The summed E-state index contributed by atoms with van der Waals surface area (Å²) in [6, 6.07) is 7.58. The zero-order valence-electron chi connectivity index (χ0n) is 11.7. The summed E-state index contributed by atoms with van der Waals surface area (Å²) in [6.45, 7) is 0. The predicted octanol–water partition coefficient (Wildman–Crippen LogP) is 5.62. The average Bonchev–Trinajstić information content (AvgIpc) is 2.87. The molecule has 0 aliphatic heterocycles. The maximum atomic E-state index is 6.10. The molecule has 112 valence electrons. The molecule has 22 heavy (non-hydrogen) atoms. The molecule has 0 bridgehead atoms. The van der Waals surface area contributed by atoms with Crippen LogP contribution in [0.4, 0.5) is 11.5 Å². The molecule has 1 aliphatic rings. The van der Waals surface area contributed by atoms with Crippen LogP contribution in [-0.2, 0) is 12.8 Å². The van der Waals surface area contributed by atoms with Gasteiger partial charge in [0.15, 0.2) is 0 Å². The third-order valence-electron chi connectivity index (χ3n) is 3.89. The number of anilines is 2. The lowest BCUT2D eigenvalue weighted by atomic mass is 9.97. The Kier molecular flexibility index (Phi) is 3.68. The van der Waals surface area contributed by atoms with Crippen molar-refractivity contribution in [2.75, 3.05) is 5.32 Å². The first-order valence-corrected chi connectivity index (χ1v) is 8.78. The molecule has 0 radical (unpaired) electrons. The number of thiophene rings is 1. The minimum absolute atomic E-state index is 0.280. The largest absolute Gasteiger partial charge is 0.340 e. The Morgan fingerprint density at radius 3 is 2.59 bits per heavy atom. The van der Waals surface area contributed by atoms with Gasteiger partial charge in [-0.15, -0.1) is 11.3 Å². The average molecular weight is 350 g/mol. The molecule has 0 fully saturated rings. The van der Waals surface area contributed by atoms with Crippen LogP contribution in [0.15, 0.2) is 24.3 Å². The first-order chi connectivity index (χ1) is 10.7. The van der Waals surface area contributed by atoms with Crippen molar-refractivity contribution in [2.45, 2.75) is 25.7 Å². The van der Waals surface area contributed by atoms with Crippen LogP contribution in [0.1, 0.15) is 23.3 Å². The number of nitrogens with zero attached hydrogens (tertiary/aromatic N) is 2. The van der Waals surface area contributed by atoms with E-state index in [0.29, 0.717) is 5.02 Å². The summed E-state index contributed by atoms with van der Waals surface area (Å²) < 4.78 is 0. The summed E-state index contributed by atoms with van der Waals surface area (Å²) in [5.74, 6) is 0.789.